The lowest BCUT2D eigenvalue weighted by Gasteiger charge is -2.07. The zero-order valence-electron chi connectivity index (χ0n) is 13.7. The Bertz CT molecular complexity index is 1070. The number of aromatic amines is 1. The molecule has 2 aromatic heterocycles. The molecule has 5 N–H and O–H groups in total. The lowest BCUT2D eigenvalue weighted by atomic mass is 10.0. The molecule has 26 heavy (non-hydrogen) atoms. The summed E-state index contributed by atoms with van der Waals surface area (Å²) in [5, 5.41) is 20.1. The zero-order chi connectivity index (χ0) is 18.3. The Kier molecular flexibility index (Phi) is 3.62. The minimum atomic E-state index is -0.241. The van der Waals surface area contributed by atoms with E-state index < -0.39 is 0 Å². The number of nitrogens with zero attached hydrogens (tertiary/aromatic N) is 3. The monoisotopic (exact) mass is 345 g/mol. The molecule has 128 valence electrons. The third kappa shape index (κ3) is 2.86. The summed E-state index contributed by atoms with van der Waals surface area (Å²) in [4.78, 5) is 23.4. The second-order valence-corrected chi connectivity index (χ2v) is 6.21. The van der Waals surface area contributed by atoms with E-state index in [2.05, 4.69) is 20.3 Å². The van der Waals surface area contributed by atoms with Crippen molar-refractivity contribution in [1.82, 2.24) is 20.3 Å². The lowest BCUT2D eigenvalue weighted by Crippen LogP contribution is -2.26. The Morgan fingerprint density at radius 3 is 2.85 bits per heavy atom. The minimum Gasteiger partial charge on any atom is -0.398 e. The second kappa shape index (κ2) is 5.97. The van der Waals surface area contributed by atoms with Crippen LogP contribution in [0.5, 0.6) is 0 Å². The Morgan fingerprint density at radius 2 is 2.19 bits per heavy atom. The number of pyridine rings is 1. The maximum Gasteiger partial charge on any atom is 0.287 e. The lowest BCUT2D eigenvalue weighted by molar-refractivity contribution is 0.0942. The highest BCUT2D eigenvalue weighted by molar-refractivity contribution is 6.15. The van der Waals surface area contributed by atoms with E-state index >= 15 is 0 Å². The molecule has 1 aromatic carbocycles. The normalized spacial score (nSPS) is 13.3. The van der Waals surface area contributed by atoms with E-state index in [0.29, 0.717) is 27.8 Å². The number of nitrogens with two attached hydrogens (primary N) is 1. The van der Waals surface area contributed by atoms with Gasteiger partial charge in [-0.1, -0.05) is 0 Å². The molecule has 0 unspecified atom stereocenters. The highest BCUT2D eigenvalue weighted by Crippen LogP contribution is 2.24. The number of nitriles is 1. The minimum absolute atomic E-state index is 0.181. The van der Waals surface area contributed by atoms with E-state index in [1.807, 2.05) is 6.07 Å². The van der Waals surface area contributed by atoms with Crippen LogP contribution in [0.2, 0.25) is 0 Å². The first-order valence-electron chi connectivity index (χ1n) is 8.10. The average molecular weight is 345 g/mol. The maximum absolute atomic E-state index is 12.1. The van der Waals surface area contributed by atoms with E-state index in [1.54, 1.807) is 24.3 Å². The number of nitrogens with one attached hydrogen (secondary N) is 3. The van der Waals surface area contributed by atoms with Gasteiger partial charge in [-0.05, 0) is 37.1 Å². The number of anilines is 1. The number of fused-ring (bicyclic) bond motifs is 1. The summed E-state index contributed by atoms with van der Waals surface area (Å²) in [7, 11) is 0. The van der Waals surface area contributed by atoms with Gasteiger partial charge in [-0.2, -0.15) is 5.26 Å². The van der Waals surface area contributed by atoms with Crippen molar-refractivity contribution in [2.24, 2.45) is 0 Å². The number of aromatic nitrogens is 3. The molecular formula is C18H15N7O. The van der Waals surface area contributed by atoms with Gasteiger partial charge in [-0.25, -0.2) is 9.97 Å². The van der Waals surface area contributed by atoms with Crippen molar-refractivity contribution in [3.05, 3.63) is 53.1 Å². The van der Waals surface area contributed by atoms with Crippen molar-refractivity contribution in [2.75, 3.05) is 5.73 Å². The number of imidazole rings is 1. The third-order valence-electron chi connectivity index (χ3n) is 4.22. The molecule has 1 saturated carbocycles. The van der Waals surface area contributed by atoms with Gasteiger partial charge in [0.15, 0.2) is 5.82 Å². The van der Waals surface area contributed by atoms with Crippen LogP contribution in [-0.2, 0) is 0 Å². The topological polar surface area (TPSA) is 144 Å². The summed E-state index contributed by atoms with van der Waals surface area (Å²) in [6, 6.07) is 8.73. The van der Waals surface area contributed by atoms with Crippen LogP contribution >= 0.6 is 0 Å². The Balaban J connectivity index is 1.68. The summed E-state index contributed by atoms with van der Waals surface area (Å²) in [6.45, 7) is 0. The molecule has 0 bridgehead atoms. The van der Waals surface area contributed by atoms with Crippen LogP contribution in [0.1, 0.15) is 40.3 Å². The smallest absolute Gasteiger partial charge is 0.287 e. The second-order valence-electron chi connectivity index (χ2n) is 6.21. The van der Waals surface area contributed by atoms with E-state index in [4.69, 9.17) is 16.4 Å². The van der Waals surface area contributed by atoms with Crippen molar-refractivity contribution in [3.63, 3.8) is 0 Å². The predicted molar refractivity (Wildman–Crippen MR) is 95.9 cm³/mol. The number of hydrogen-bond acceptors (Lipinski definition) is 6. The number of carbonyl (C=O) groups excluding carboxylic acids is 1. The van der Waals surface area contributed by atoms with Crippen LogP contribution in [0.15, 0.2) is 30.5 Å². The van der Waals surface area contributed by atoms with Gasteiger partial charge in [0.2, 0.25) is 0 Å². The van der Waals surface area contributed by atoms with Gasteiger partial charge in [0.1, 0.15) is 11.8 Å². The van der Waals surface area contributed by atoms with Gasteiger partial charge < -0.3 is 16.0 Å². The van der Waals surface area contributed by atoms with Crippen molar-refractivity contribution in [2.45, 2.75) is 18.9 Å². The highest BCUT2D eigenvalue weighted by atomic mass is 16.2. The Morgan fingerprint density at radius 1 is 1.38 bits per heavy atom. The molecule has 3 aromatic rings. The quantitative estimate of drug-likeness (QED) is 0.420. The fourth-order valence-corrected chi connectivity index (χ4v) is 2.64. The molecule has 4 rings (SSSR count). The maximum atomic E-state index is 12.1. The summed E-state index contributed by atoms with van der Waals surface area (Å²) in [5.74, 6) is -0.00906. The molecule has 0 atom stereocenters. The first-order chi connectivity index (χ1) is 12.5. The standard InChI is InChI=1S/C18H15N7O/c19-7-11-2-1-9(8-22-11)16(21)12-5-14-15(6-13(12)20)25-17(24-14)18(26)23-10-3-4-10/h1-2,5-6,8,10,21H,3-4,20H2,(H,23,26)(H,24,25). The fourth-order valence-electron chi connectivity index (χ4n) is 2.64. The Labute approximate surface area is 148 Å². The van der Waals surface area contributed by atoms with Gasteiger partial charge in [0.25, 0.3) is 5.91 Å². The first-order valence-corrected chi connectivity index (χ1v) is 8.10. The number of H-pyrrole nitrogens is 1. The summed E-state index contributed by atoms with van der Waals surface area (Å²) in [5.41, 5.74) is 9.17. The molecule has 2 heterocycles. The first kappa shape index (κ1) is 15.8. The molecule has 0 radical (unpaired) electrons. The number of nitrogen functional groups attached to an aromatic ring is 1. The van der Waals surface area contributed by atoms with Gasteiger partial charge in [0, 0.05) is 29.1 Å². The summed E-state index contributed by atoms with van der Waals surface area (Å²) >= 11 is 0. The summed E-state index contributed by atoms with van der Waals surface area (Å²) < 4.78 is 0. The number of benzene rings is 1. The number of carbonyl (C=O) groups is 1. The van der Waals surface area contributed by atoms with Crippen LogP contribution in [0, 0.1) is 16.7 Å². The van der Waals surface area contributed by atoms with Crippen molar-refractivity contribution >= 4 is 28.3 Å². The largest absolute Gasteiger partial charge is 0.398 e. The molecule has 1 aliphatic carbocycles. The Hall–Kier alpha value is -3.73. The van der Waals surface area contributed by atoms with Gasteiger partial charge in [-0.15, -0.1) is 0 Å². The van der Waals surface area contributed by atoms with Crippen molar-refractivity contribution in [1.29, 1.82) is 10.7 Å². The zero-order valence-corrected chi connectivity index (χ0v) is 13.7. The summed E-state index contributed by atoms with van der Waals surface area (Å²) in [6.07, 6.45) is 3.46. The van der Waals surface area contributed by atoms with E-state index in [1.165, 1.54) is 6.20 Å². The highest BCUT2D eigenvalue weighted by Gasteiger charge is 2.25. The van der Waals surface area contributed by atoms with Crippen LogP contribution in [0.25, 0.3) is 11.0 Å². The van der Waals surface area contributed by atoms with E-state index in [0.717, 1.165) is 12.8 Å². The third-order valence-corrected chi connectivity index (χ3v) is 4.22. The van der Waals surface area contributed by atoms with Crippen LogP contribution in [0.3, 0.4) is 0 Å². The fraction of sp³-hybridized carbons (Fsp3) is 0.167. The number of amides is 1. The molecule has 8 nitrogen and oxygen atoms in total. The van der Waals surface area contributed by atoms with Gasteiger partial charge in [-0.3, -0.25) is 10.2 Å². The van der Waals surface area contributed by atoms with E-state index in [9.17, 15) is 4.79 Å². The molecule has 1 amide bonds. The van der Waals surface area contributed by atoms with E-state index in [-0.39, 0.29) is 29.2 Å². The molecule has 1 aliphatic rings. The number of hydrogen-bond donors (Lipinski definition) is 4. The number of rotatable bonds is 4. The molecule has 0 aliphatic heterocycles. The van der Waals surface area contributed by atoms with Crippen LogP contribution in [0.4, 0.5) is 5.69 Å². The van der Waals surface area contributed by atoms with Gasteiger partial charge >= 0.3 is 0 Å². The molecule has 8 heteroatoms. The van der Waals surface area contributed by atoms with Crippen molar-refractivity contribution in [3.8, 4) is 6.07 Å². The molecular weight excluding hydrogens is 330 g/mol. The predicted octanol–water partition coefficient (Wildman–Crippen LogP) is 1.72. The SMILES string of the molecule is N#Cc1ccc(C(=N)c2cc3[nH]c(C(=O)NC4CC4)nc3cc2N)cn1. The van der Waals surface area contributed by atoms with Gasteiger partial charge in [0.05, 0.1) is 16.7 Å². The van der Waals surface area contributed by atoms with Crippen LogP contribution < -0.4 is 11.1 Å². The van der Waals surface area contributed by atoms with Crippen molar-refractivity contribution < 1.29 is 4.79 Å². The molecule has 0 saturated heterocycles. The van der Waals surface area contributed by atoms with Crippen LogP contribution in [-0.4, -0.2) is 32.6 Å². The molecule has 1 fully saturated rings. The molecule has 0 spiro atoms. The average Bonchev–Trinajstić information content (AvgIpc) is 3.37.